The molecule has 4 heteroatoms. The summed E-state index contributed by atoms with van der Waals surface area (Å²) in [6, 6.07) is 0. The fourth-order valence-electron chi connectivity index (χ4n) is 0.201. The molecule has 0 saturated heterocycles. The van der Waals surface area contributed by atoms with E-state index in [2.05, 4.69) is 10.3 Å². The fourth-order valence-corrected chi connectivity index (χ4v) is 0.201. The average Bonchev–Trinajstić information content (AvgIpc) is 1.67. The van der Waals surface area contributed by atoms with Crippen LogP contribution in [0.1, 0.15) is 6.92 Å². The molecular weight excluding hydrogens is 104 g/mol. The van der Waals surface area contributed by atoms with Crippen molar-refractivity contribution in [3.05, 3.63) is 0 Å². The Morgan fingerprint density at radius 2 is 2.12 bits per heavy atom. The van der Waals surface area contributed by atoms with Gasteiger partial charge in [0.25, 0.3) is 0 Å². The van der Waals surface area contributed by atoms with Gasteiger partial charge < -0.3 is 0 Å². The third kappa shape index (κ3) is 2.28. The molecule has 0 aliphatic carbocycles. The van der Waals surface area contributed by atoms with Crippen molar-refractivity contribution in [2.45, 2.75) is 6.92 Å². The van der Waals surface area contributed by atoms with Crippen molar-refractivity contribution < 1.29 is 0 Å². The predicted molar refractivity (Wildman–Crippen MR) is 31.9 cm³/mol. The highest BCUT2D eigenvalue weighted by molar-refractivity contribution is 5.75. The third-order valence-corrected chi connectivity index (χ3v) is 0.709. The van der Waals surface area contributed by atoms with Crippen LogP contribution in [-0.2, 0) is 0 Å². The quantitative estimate of drug-likeness (QED) is 0.234. The molecule has 1 N–H and O–H groups in total. The third-order valence-electron chi connectivity index (χ3n) is 0.709. The molecule has 0 bridgehead atoms. The zero-order chi connectivity index (χ0) is 6.57. The second kappa shape index (κ2) is 3.12. The molecule has 0 aromatic carbocycles. The summed E-state index contributed by atoms with van der Waals surface area (Å²) in [4.78, 5) is 0. The largest absolute Gasteiger partial charge is 0.287 e. The van der Waals surface area contributed by atoms with E-state index in [1.165, 1.54) is 5.01 Å². The Labute approximate surface area is 48.7 Å². The van der Waals surface area contributed by atoms with Crippen molar-refractivity contribution in [2.75, 3.05) is 14.1 Å². The Morgan fingerprint density at radius 3 is 2.25 bits per heavy atom. The number of amidine groups is 1. The summed E-state index contributed by atoms with van der Waals surface area (Å²) in [7, 11) is 3.24. The first-order chi connectivity index (χ1) is 3.68. The zero-order valence-electron chi connectivity index (χ0n) is 5.34. The van der Waals surface area contributed by atoms with E-state index in [4.69, 9.17) is 5.41 Å². The first kappa shape index (κ1) is 7.07. The number of hydrogen-bond acceptors (Lipinski definition) is 3. The van der Waals surface area contributed by atoms with Crippen LogP contribution in [0.5, 0.6) is 0 Å². The predicted octanol–water partition coefficient (Wildman–Crippen LogP) is 0.912. The molecule has 0 amide bonds. The van der Waals surface area contributed by atoms with E-state index in [0.29, 0.717) is 5.84 Å². The van der Waals surface area contributed by atoms with Gasteiger partial charge in [-0.15, -0.1) is 0 Å². The van der Waals surface area contributed by atoms with Gasteiger partial charge in [0.2, 0.25) is 0 Å². The van der Waals surface area contributed by atoms with Gasteiger partial charge in [-0.1, -0.05) is 5.22 Å². The standard InChI is InChI=1S/C4H10N4/c1-4(5)8(3)7-6-2/h5H,1-3H3. The number of hydrogen-bond donors (Lipinski definition) is 1. The molecule has 0 spiro atoms. The van der Waals surface area contributed by atoms with Gasteiger partial charge in [-0.2, -0.15) is 5.11 Å². The van der Waals surface area contributed by atoms with E-state index in [0.717, 1.165) is 0 Å². The van der Waals surface area contributed by atoms with Crippen LogP contribution in [0.4, 0.5) is 0 Å². The number of rotatable bonds is 1. The molecule has 0 aromatic heterocycles. The Morgan fingerprint density at radius 1 is 1.62 bits per heavy atom. The monoisotopic (exact) mass is 114 g/mol. The minimum Gasteiger partial charge on any atom is -0.287 e. The number of nitrogens with zero attached hydrogens (tertiary/aromatic N) is 3. The van der Waals surface area contributed by atoms with Crippen molar-refractivity contribution in [3.63, 3.8) is 0 Å². The van der Waals surface area contributed by atoms with Crippen molar-refractivity contribution >= 4 is 5.84 Å². The summed E-state index contributed by atoms with van der Waals surface area (Å²) in [6.07, 6.45) is 0. The lowest BCUT2D eigenvalue weighted by Gasteiger charge is -2.05. The molecule has 0 unspecified atom stereocenters. The molecule has 0 rings (SSSR count). The molecule has 0 radical (unpaired) electrons. The highest BCUT2D eigenvalue weighted by Crippen LogP contribution is 1.83. The Balaban J connectivity index is 3.64. The van der Waals surface area contributed by atoms with Crippen molar-refractivity contribution in [3.8, 4) is 0 Å². The first-order valence-corrected chi connectivity index (χ1v) is 2.27. The Hall–Kier alpha value is -0.930. The molecule has 0 saturated carbocycles. The molecular formula is C4H10N4. The van der Waals surface area contributed by atoms with Gasteiger partial charge in [0.1, 0.15) is 5.84 Å². The normalized spacial score (nSPS) is 9.88. The Kier molecular flexibility index (Phi) is 2.76. The molecule has 0 aliphatic heterocycles. The van der Waals surface area contributed by atoms with Gasteiger partial charge >= 0.3 is 0 Å². The van der Waals surface area contributed by atoms with Crippen LogP contribution in [0.3, 0.4) is 0 Å². The van der Waals surface area contributed by atoms with Crippen molar-refractivity contribution in [1.29, 1.82) is 5.41 Å². The average molecular weight is 114 g/mol. The second-order valence-electron chi connectivity index (χ2n) is 1.40. The molecule has 0 aromatic rings. The van der Waals surface area contributed by atoms with Crippen molar-refractivity contribution in [2.24, 2.45) is 10.3 Å². The van der Waals surface area contributed by atoms with Crippen LogP contribution in [0.25, 0.3) is 0 Å². The van der Waals surface area contributed by atoms with Crippen LogP contribution in [0, 0.1) is 5.41 Å². The summed E-state index contributed by atoms with van der Waals surface area (Å²) >= 11 is 0. The topological polar surface area (TPSA) is 51.8 Å². The summed E-state index contributed by atoms with van der Waals surface area (Å²) in [6.45, 7) is 1.65. The highest BCUT2D eigenvalue weighted by atomic mass is 15.5. The van der Waals surface area contributed by atoms with E-state index >= 15 is 0 Å². The van der Waals surface area contributed by atoms with Crippen LogP contribution in [-0.4, -0.2) is 24.9 Å². The fraction of sp³-hybridized carbons (Fsp3) is 0.750. The summed E-state index contributed by atoms with van der Waals surface area (Å²) < 4.78 is 0. The van der Waals surface area contributed by atoms with E-state index in [-0.39, 0.29) is 0 Å². The molecule has 0 aliphatic rings. The molecule has 8 heavy (non-hydrogen) atoms. The summed E-state index contributed by atoms with van der Waals surface area (Å²) in [5, 5.41) is 15.4. The molecule has 0 fully saturated rings. The number of nitrogens with one attached hydrogen (secondary N) is 1. The van der Waals surface area contributed by atoms with Gasteiger partial charge in [0.15, 0.2) is 0 Å². The molecule has 0 heterocycles. The van der Waals surface area contributed by atoms with Gasteiger partial charge in [0, 0.05) is 7.05 Å². The minimum atomic E-state index is 0.385. The van der Waals surface area contributed by atoms with Crippen LogP contribution in [0.2, 0.25) is 0 Å². The zero-order valence-corrected chi connectivity index (χ0v) is 5.34. The van der Waals surface area contributed by atoms with Gasteiger partial charge in [0.05, 0.1) is 7.05 Å². The van der Waals surface area contributed by atoms with E-state index in [1.807, 2.05) is 0 Å². The smallest absolute Gasteiger partial charge is 0.115 e. The van der Waals surface area contributed by atoms with Gasteiger partial charge in [-0.25, -0.2) is 5.01 Å². The molecule has 4 nitrogen and oxygen atoms in total. The van der Waals surface area contributed by atoms with Crippen LogP contribution in [0.15, 0.2) is 10.3 Å². The van der Waals surface area contributed by atoms with Crippen molar-refractivity contribution in [1.82, 2.24) is 5.01 Å². The Bertz CT molecular complexity index is 107. The van der Waals surface area contributed by atoms with Crippen LogP contribution >= 0.6 is 0 Å². The van der Waals surface area contributed by atoms with E-state index in [1.54, 1.807) is 21.0 Å². The molecule has 46 valence electrons. The maximum absolute atomic E-state index is 6.98. The van der Waals surface area contributed by atoms with Gasteiger partial charge in [-0.05, 0) is 6.92 Å². The van der Waals surface area contributed by atoms with Gasteiger partial charge in [-0.3, -0.25) is 5.41 Å². The lowest BCUT2D eigenvalue weighted by molar-refractivity contribution is 0.495. The summed E-state index contributed by atoms with van der Waals surface area (Å²) in [5.41, 5.74) is 0. The minimum absolute atomic E-state index is 0.385. The lowest BCUT2D eigenvalue weighted by Crippen LogP contribution is -2.15. The lowest BCUT2D eigenvalue weighted by atomic mass is 10.7. The summed E-state index contributed by atoms with van der Waals surface area (Å²) in [5.74, 6) is 0.385. The molecule has 0 atom stereocenters. The van der Waals surface area contributed by atoms with E-state index < -0.39 is 0 Å². The highest BCUT2D eigenvalue weighted by Gasteiger charge is 1.90. The van der Waals surface area contributed by atoms with E-state index in [9.17, 15) is 0 Å². The SMILES string of the molecule is CN=NN(C)C(C)=N. The second-order valence-corrected chi connectivity index (χ2v) is 1.40. The first-order valence-electron chi connectivity index (χ1n) is 2.27. The van der Waals surface area contributed by atoms with Crippen LogP contribution < -0.4 is 0 Å². The maximum Gasteiger partial charge on any atom is 0.115 e. The maximum atomic E-state index is 6.98.